The first-order valence-electron chi connectivity index (χ1n) is 13.9. The fourth-order valence-electron chi connectivity index (χ4n) is 6.45. The molecule has 11 heteroatoms. The largest absolute Gasteiger partial charge is 0.360 e. The molecule has 41 heavy (non-hydrogen) atoms. The summed E-state index contributed by atoms with van der Waals surface area (Å²) < 4.78 is 30.0. The van der Waals surface area contributed by atoms with Gasteiger partial charge < -0.3 is 14.9 Å². The van der Waals surface area contributed by atoms with E-state index in [0.717, 1.165) is 35.3 Å². The van der Waals surface area contributed by atoms with Crippen molar-refractivity contribution in [2.45, 2.75) is 50.5 Å². The minimum absolute atomic E-state index is 0.177. The van der Waals surface area contributed by atoms with E-state index in [9.17, 15) is 18.8 Å². The number of hydrogen-bond donors (Lipinski definition) is 2. The summed E-state index contributed by atoms with van der Waals surface area (Å²) >= 11 is 0. The molecule has 0 unspecified atom stereocenters. The minimum atomic E-state index is -2.66. The van der Waals surface area contributed by atoms with Gasteiger partial charge in [0.15, 0.2) is 0 Å². The van der Waals surface area contributed by atoms with Gasteiger partial charge in [-0.3, -0.25) is 9.69 Å². The van der Waals surface area contributed by atoms with Gasteiger partial charge in [-0.2, -0.15) is 5.26 Å². The number of rotatable bonds is 7. The second-order valence-electron chi connectivity index (χ2n) is 11.6. The lowest BCUT2D eigenvalue weighted by Gasteiger charge is -2.46. The second-order valence-corrected chi connectivity index (χ2v) is 11.6. The van der Waals surface area contributed by atoms with E-state index in [4.69, 9.17) is 0 Å². The lowest BCUT2D eigenvalue weighted by atomic mass is 9.57. The molecular weight excluding hydrogens is 526 g/mol. The van der Waals surface area contributed by atoms with Crippen LogP contribution in [0.3, 0.4) is 0 Å². The number of aromatic amines is 1. The van der Waals surface area contributed by atoms with Crippen LogP contribution in [0.2, 0.25) is 0 Å². The van der Waals surface area contributed by atoms with Crippen molar-refractivity contribution in [1.29, 1.82) is 5.26 Å². The molecule has 9 nitrogen and oxygen atoms in total. The molecule has 1 aliphatic heterocycles. The number of benzene rings is 1. The molecule has 1 aromatic carbocycles. The van der Waals surface area contributed by atoms with Crippen LogP contribution in [0.15, 0.2) is 48.9 Å². The predicted molar refractivity (Wildman–Crippen MR) is 149 cm³/mol. The number of nitriles is 1. The molecule has 2 fully saturated rings. The van der Waals surface area contributed by atoms with Gasteiger partial charge in [-0.1, -0.05) is 19.1 Å². The summed E-state index contributed by atoms with van der Waals surface area (Å²) in [6.45, 7) is 2.60. The zero-order valence-corrected chi connectivity index (χ0v) is 23.1. The highest BCUT2D eigenvalue weighted by molar-refractivity contribution is 6.04. The van der Waals surface area contributed by atoms with Crippen LogP contribution in [-0.4, -0.2) is 54.6 Å². The Morgan fingerprint density at radius 2 is 2.10 bits per heavy atom. The maximum absolute atomic E-state index is 14.1. The van der Waals surface area contributed by atoms with E-state index in [2.05, 4.69) is 31.6 Å². The van der Waals surface area contributed by atoms with Crippen LogP contribution in [0, 0.1) is 23.2 Å². The van der Waals surface area contributed by atoms with Crippen LogP contribution in [0.25, 0.3) is 11.0 Å². The topological polar surface area (TPSA) is 116 Å². The van der Waals surface area contributed by atoms with Gasteiger partial charge in [0.25, 0.3) is 11.8 Å². The zero-order chi connectivity index (χ0) is 28.8. The molecule has 212 valence electrons. The van der Waals surface area contributed by atoms with Crippen LogP contribution >= 0.6 is 0 Å². The number of halogens is 2. The maximum atomic E-state index is 14.1. The van der Waals surface area contributed by atoms with Gasteiger partial charge in [-0.05, 0) is 54.2 Å². The van der Waals surface area contributed by atoms with Crippen LogP contribution in [-0.2, 0) is 19.0 Å². The highest BCUT2D eigenvalue weighted by atomic mass is 19.3. The van der Waals surface area contributed by atoms with Crippen molar-refractivity contribution >= 4 is 22.6 Å². The zero-order valence-electron chi connectivity index (χ0n) is 23.1. The van der Waals surface area contributed by atoms with Gasteiger partial charge >= 0.3 is 0 Å². The van der Waals surface area contributed by atoms with Crippen molar-refractivity contribution in [2.24, 2.45) is 18.9 Å². The molecule has 2 aliphatic rings. The van der Waals surface area contributed by atoms with Gasteiger partial charge in [0.2, 0.25) is 0 Å². The molecule has 6 rings (SSSR count). The van der Waals surface area contributed by atoms with Gasteiger partial charge in [0, 0.05) is 57.3 Å². The monoisotopic (exact) mass is 558 g/mol. The van der Waals surface area contributed by atoms with E-state index in [1.807, 2.05) is 46.8 Å². The number of anilines is 1. The van der Waals surface area contributed by atoms with E-state index in [-0.39, 0.29) is 35.9 Å². The number of aryl methyl sites for hydroxylation is 1. The maximum Gasteiger partial charge on any atom is 0.274 e. The number of pyridine rings is 1. The lowest BCUT2D eigenvalue weighted by molar-refractivity contribution is -0.100. The van der Waals surface area contributed by atoms with Gasteiger partial charge in [0.1, 0.15) is 17.8 Å². The SMILES string of the molecule is C[C@@H]1CN(Cc2cc(C(=O)Nc3cccc(C4(c5nncn5C)CC(CC#N)C4)c3)nc3cc[nH]c23)CCC1(F)F. The number of piperidine rings is 1. The van der Waals surface area contributed by atoms with Crippen molar-refractivity contribution in [1.82, 2.24) is 29.6 Å². The van der Waals surface area contributed by atoms with E-state index in [0.29, 0.717) is 30.7 Å². The molecule has 4 heterocycles. The number of carbonyl (C=O) groups is 1. The Morgan fingerprint density at radius 1 is 1.27 bits per heavy atom. The molecule has 1 saturated heterocycles. The Kier molecular flexibility index (Phi) is 6.82. The fraction of sp³-hybridized carbons (Fsp3) is 0.433. The van der Waals surface area contributed by atoms with Crippen LogP contribution in [0.5, 0.6) is 0 Å². The molecule has 2 N–H and O–H groups in total. The highest BCUT2D eigenvalue weighted by Crippen LogP contribution is 2.53. The van der Waals surface area contributed by atoms with Crippen molar-refractivity contribution in [2.75, 3.05) is 18.4 Å². The third kappa shape index (κ3) is 4.97. The van der Waals surface area contributed by atoms with Gasteiger partial charge in [0.05, 0.1) is 22.5 Å². The first kappa shape index (κ1) is 27.0. The standard InChI is InChI=1S/C30H32F2N8O/c1-19-16-40(11-8-30(19,31)32)17-21-12-25(37-24-7-10-34-26(21)24)27(41)36-23-5-3-4-22(13-23)29(14-20(15-29)6-9-33)28-38-35-18-39(28)2/h3-5,7,10,12-13,18-20,34H,6,8,11,14-17H2,1-2H3,(H,36,41)/t19-,20?,29?/m1/s1. The summed E-state index contributed by atoms with van der Waals surface area (Å²) in [5.41, 5.74) is 3.80. The van der Waals surface area contributed by atoms with Gasteiger partial charge in [-0.25, -0.2) is 13.8 Å². The number of hydrogen-bond acceptors (Lipinski definition) is 6. The number of aromatic nitrogens is 5. The smallest absolute Gasteiger partial charge is 0.274 e. The first-order valence-corrected chi connectivity index (χ1v) is 13.9. The minimum Gasteiger partial charge on any atom is -0.360 e. The molecule has 1 aliphatic carbocycles. The third-order valence-electron chi connectivity index (χ3n) is 8.71. The summed E-state index contributed by atoms with van der Waals surface area (Å²) in [5, 5.41) is 20.7. The predicted octanol–water partition coefficient (Wildman–Crippen LogP) is 5.03. The summed E-state index contributed by atoms with van der Waals surface area (Å²) in [6, 6.07) is 13.6. The van der Waals surface area contributed by atoms with Crippen molar-refractivity contribution in [3.05, 3.63) is 71.6 Å². The van der Waals surface area contributed by atoms with E-state index >= 15 is 0 Å². The number of likely N-dealkylation sites (tertiary alicyclic amines) is 1. The van der Waals surface area contributed by atoms with Crippen molar-refractivity contribution in [3.8, 4) is 6.07 Å². The van der Waals surface area contributed by atoms with Crippen LogP contribution < -0.4 is 5.32 Å². The molecule has 0 spiro atoms. The fourth-order valence-corrected chi connectivity index (χ4v) is 6.45. The number of carbonyl (C=O) groups excluding carboxylic acids is 1. The molecular formula is C30H32F2N8O. The second kappa shape index (κ2) is 10.3. The Bertz CT molecular complexity index is 1630. The normalized spacial score (nSPS) is 24.1. The number of alkyl halides is 2. The molecule has 1 amide bonds. The molecule has 1 saturated carbocycles. The summed E-state index contributed by atoms with van der Waals surface area (Å²) in [6.07, 6.45) is 5.32. The number of fused-ring (bicyclic) bond motifs is 1. The quantitative estimate of drug-likeness (QED) is 0.329. The average Bonchev–Trinajstić information content (AvgIpc) is 3.58. The van der Waals surface area contributed by atoms with Crippen molar-refractivity contribution in [3.63, 3.8) is 0 Å². The molecule has 3 aromatic heterocycles. The van der Waals surface area contributed by atoms with E-state index in [1.165, 1.54) is 0 Å². The van der Waals surface area contributed by atoms with Crippen LogP contribution in [0.1, 0.15) is 60.0 Å². The number of nitrogens with zero attached hydrogens (tertiary/aromatic N) is 6. The van der Waals surface area contributed by atoms with Crippen LogP contribution in [0.4, 0.5) is 14.5 Å². The van der Waals surface area contributed by atoms with E-state index < -0.39 is 11.8 Å². The summed E-state index contributed by atoms with van der Waals surface area (Å²) in [5.74, 6) is -2.63. The Hall–Kier alpha value is -4.17. The Morgan fingerprint density at radius 3 is 2.83 bits per heavy atom. The third-order valence-corrected chi connectivity index (χ3v) is 8.71. The average molecular weight is 559 g/mol. The molecule has 0 radical (unpaired) electrons. The number of amides is 1. The molecule has 0 bridgehead atoms. The number of nitrogens with one attached hydrogen (secondary N) is 2. The Balaban J connectivity index is 1.25. The molecule has 1 atom stereocenters. The van der Waals surface area contributed by atoms with Crippen molar-refractivity contribution < 1.29 is 13.6 Å². The molecule has 4 aromatic rings. The highest BCUT2D eigenvalue weighted by Gasteiger charge is 2.49. The summed E-state index contributed by atoms with van der Waals surface area (Å²) in [7, 11) is 1.91. The summed E-state index contributed by atoms with van der Waals surface area (Å²) in [4.78, 5) is 23.2. The first-order chi connectivity index (χ1) is 19.7. The number of H-pyrrole nitrogens is 1. The lowest BCUT2D eigenvalue weighted by Crippen LogP contribution is -2.45. The Labute approximate surface area is 236 Å². The van der Waals surface area contributed by atoms with E-state index in [1.54, 1.807) is 25.5 Å². The van der Waals surface area contributed by atoms with Gasteiger partial charge in [-0.15, -0.1) is 10.2 Å².